The average Bonchev–Trinajstić information content (AvgIpc) is 2.45. The Morgan fingerprint density at radius 3 is 2.86 bits per heavy atom. The molecule has 0 fully saturated rings. The van der Waals surface area contributed by atoms with Gasteiger partial charge in [-0.2, -0.15) is 5.26 Å². The van der Waals surface area contributed by atoms with Crippen LogP contribution in [0.3, 0.4) is 0 Å². The van der Waals surface area contributed by atoms with Crippen molar-refractivity contribution in [2.24, 2.45) is 7.05 Å². The van der Waals surface area contributed by atoms with Crippen molar-refractivity contribution >= 4 is 27.0 Å². The summed E-state index contributed by atoms with van der Waals surface area (Å²) in [5.41, 5.74) is 2.40. The van der Waals surface area contributed by atoms with Crippen LogP contribution in [0, 0.1) is 18.3 Å². The molecule has 0 atom stereocenters. The summed E-state index contributed by atoms with van der Waals surface area (Å²) in [4.78, 5) is 4.25. The Balaban J connectivity index is 2.92. The van der Waals surface area contributed by atoms with E-state index in [1.807, 2.05) is 30.7 Å². The molecule has 0 bridgehead atoms. The zero-order valence-electron chi connectivity index (χ0n) is 7.87. The Kier molecular flexibility index (Phi) is 2.05. The highest BCUT2D eigenvalue weighted by atomic mass is 79.9. The molecule has 2 heterocycles. The average molecular weight is 250 g/mol. The van der Waals surface area contributed by atoms with Crippen molar-refractivity contribution in [1.29, 1.82) is 5.26 Å². The Labute approximate surface area is 90.1 Å². The van der Waals surface area contributed by atoms with Crippen LogP contribution >= 0.6 is 15.9 Å². The minimum Gasteiger partial charge on any atom is -0.333 e. The van der Waals surface area contributed by atoms with E-state index in [9.17, 15) is 0 Å². The van der Waals surface area contributed by atoms with Crippen LogP contribution in [0.2, 0.25) is 0 Å². The molecule has 0 aliphatic rings. The second-order valence-corrected chi connectivity index (χ2v) is 4.04. The molecule has 0 aromatic carbocycles. The molecule has 0 aliphatic heterocycles. The first-order valence-corrected chi connectivity index (χ1v) is 4.95. The first-order chi connectivity index (χ1) is 6.63. The second-order valence-electron chi connectivity index (χ2n) is 3.18. The Bertz CT molecular complexity index is 548. The number of halogens is 1. The third-order valence-electron chi connectivity index (χ3n) is 2.30. The molecule has 0 radical (unpaired) electrons. The van der Waals surface area contributed by atoms with E-state index in [-0.39, 0.29) is 0 Å². The minimum atomic E-state index is 0.436. The number of pyridine rings is 1. The summed E-state index contributed by atoms with van der Waals surface area (Å²) in [6, 6.07) is 5.83. The zero-order valence-corrected chi connectivity index (χ0v) is 9.46. The Hall–Kier alpha value is -1.34. The van der Waals surface area contributed by atoms with Gasteiger partial charge in [-0.25, -0.2) is 4.98 Å². The van der Waals surface area contributed by atoms with Gasteiger partial charge in [-0.15, -0.1) is 0 Å². The third kappa shape index (κ3) is 1.21. The lowest BCUT2D eigenvalue weighted by Crippen LogP contribution is -1.93. The van der Waals surface area contributed by atoms with Gasteiger partial charge >= 0.3 is 0 Å². The lowest BCUT2D eigenvalue weighted by atomic mass is 10.3. The van der Waals surface area contributed by atoms with Crippen LogP contribution in [0.25, 0.3) is 11.0 Å². The van der Waals surface area contributed by atoms with Gasteiger partial charge in [0, 0.05) is 22.6 Å². The van der Waals surface area contributed by atoms with Gasteiger partial charge in [-0.05, 0) is 35.0 Å². The van der Waals surface area contributed by atoms with E-state index in [1.165, 1.54) is 0 Å². The van der Waals surface area contributed by atoms with Crippen LogP contribution in [0.15, 0.2) is 16.6 Å². The van der Waals surface area contributed by atoms with Crippen LogP contribution in [0.4, 0.5) is 0 Å². The topological polar surface area (TPSA) is 41.6 Å². The number of rotatable bonds is 0. The molecule has 3 nitrogen and oxygen atoms in total. The van der Waals surface area contributed by atoms with Crippen molar-refractivity contribution < 1.29 is 0 Å². The SMILES string of the molecule is Cc1cc2c(Br)cc(C#N)nc2n1C. The fourth-order valence-electron chi connectivity index (χ4n) is 1.43. The Morgan fingerprint density at radius 2 is 2.21 bits per heavy atom. The van der Waals surface area contributed by atoms with Crippen molar-refractivity contribution in [2.45, 2.75) is 6.92 Å². The van der Waals surface area contributed by atoms with Gasteiger partial charge in [0.25, 0.3) is 0 Å². The van der Waals surface area contributed by atoms with E-state index in [4.69, 9.17) is 5.26 Å². The highest BCUT2D eigenvalue weighted by molar-refractivity contribution is 9.10. The molecular weight excluding hydrogens is 242 g/mol. The number of nitriles is 1. The van der Waals surface area contributed by atoms with Crippen LogP contribution < -0.4 is 0 Å². The van der Waals surface area contributed by atoms with E-state index >= 15 is 0 Å². The van der Waals surface area contributed by atoms with Crippen LogP contribution in [0.1, 0.15) is 11.4 Å². The molecule has 2 aromatic rings. The summed E-state index contributed by atoms with van der Waals surface area (Å²) in [7, 11) is 1.94. The Morgan fingerprint density at radius 1 is 1.50 bits per heavy atom. The molecule has 0 aliphatic carbocycles. The normalized spacial score (nSPS) is 10.4. The maximum absolute atomic E-state index is 8.78. The van der Waals surface area contributed by atoms with Gasteiger partial charge in [0.2, 0.25) is 0 Å². The van der Waals surface area contributed by atoms with E-state index in [2.05, 4.69) is 20.9 Å². The lowest BCUT2D eigenvalue weighted by Gasteiger charge is -1.98. The van der Waals surface area contributed by atoms with Crippen molar-refractivity contribution in [3.8, 4) is 6.07 Å². The highest BCUT2D eigenvalue weighted by Gasteiger charge is 2.08. The standard InChI is InChI=1S/C10H8BrN3/c1-6-3-8-9(11)4-7(5-12)13-10(8)14(6)2/h3-4H,1-2H3. The quantitative estimate of drug-likeness (QED) is 0.720. The lowest BCUT2D eigenvalue weighted by molar-refractivity contribution is 0.900. The summed E-state index contributed by atoms with van der Waals surface area (Å²) in [6.07, 6.45) is 0. The van der Waals surface area contributed by atoms with Crippen LogP contribution in [0.5, 0.6) is 0 Å². The number of hydrogen-bond donors (Lipinski definition) is 0. The van der Waals surface area contributed by atoms with E-state index < -0.39 is 0 Å². The summed E-state index contributed by atoms with van der Waals surface area (Å²) in [5, 5.41) is 9.82. The van der Waals surface area contributed by atoms with Crippen molar-refractivity contribution in [3.05, 3.63) is 28.0 Å². The van der Waals surface area contributed by atoms with E-state index in [0.717, 1.165) is 21.2 Å². The number of hydrogen-bond acceptors (Lipinski definition) is 2. The largest absolute Gasteiger partial charge is 0.333 e. The summed E-state index contributed by atoms with van der Waals surface area (Å²) >= 11 is 3.43. The number of fused-ring (bicyclic) bond motifs is 1. The molecule has 2 aromatic heterocycles. The highest BCUT2D eigenvalue weighted by Crippen LogP contribution is 2.25. The molecular formula is C10H8BrN3. The summed E-state index contributed by atoms with van der Waals surface area (Å²) < 4.78 is 2.89. The first kappa shape index (κ1) is 9.22. The maximum Gasteiger partial charge on any atom is 0.144 e. The molecule has 70 valence electrons. The van der Waals surface area contributed by atoms with E-state index in [0.29, 0.717) is 5.69 Å². The molecule has 0 saturated carbocycles. The van der Waals surface area contributed by atoms with Gasteiger partial charge in [0.1, 0.15) is 17.4 Å². The molecule has 0 N–H and O–H groups in total. The molecule has 2 rings (SSSR count). The molecule has 0 unspecified atom stereocenters. The molecule has 14 heavy (non-hydrogen) atoms. The fourth-order valence-corrected chi connectivity index (χ4v) is 1.94. The summed E-state index contributed by atoms with van der Waals surface area (Å²) in [6.45, 7) is 2.01. The second kappa shape index (κ2) is 3.10. The van der Waals surface area contributed by atoms with E-state index in [1.54, 1.807) is 6.07 Å². The predicted molar refractivity (Wildman–Crippen MR) is 57.9 cm³/mol. The zero-order chi connectivity index (χ0) is 10.3. The molecule has 4 heteroatoms. The van der Waals surface area contributed by atoms with Crippen LogP contribution in [-0.2, 0) is 7.05 Å². The predicted octanol–water partition coefficient (Wildman–Crippen LogP) is 2.52. The van der Waals surface area contributed by atoms with Gasteiger partial charge in [0.15, 0.2) is 0 Å². The van der Waals surface area contributed by atoms with Gasteiger partial charge < -0.3 is 4.57 Å². The van der Waals surface area contributed by atoms with Crippen molar-refractivity contribution in [3.63, 3.8) is 0 Å². The fraction of sp³-hybridized carbons (Fsp3) is 0.200. The maximum atomic E-state index is 8.78. The number of nitrogens with zero attached hydrogens (tertiary/aromatic N) is 3. The monoisotopic (exact) mass is 249 g/mol. The van der Waals surface area contributed by atoms with Crippen molar-refractivity contribution in [2.75, 3.05) is 0 Å². The summed E-state index contributed by atoms with van der Waals surface area (Å²) in [5.74, 6) is 0. The molecule has 0 saturated heterocycles. The third-order valence-corrected chi connectivity index (χ3v) is 2.96. The van der Waals surface area contributed by atoms with Crippen molar-refractivity contribution in [1.82, 2.24) is 9.55 Å². The molecule has 0 amide bonds. The van der Waals surface area contributed by atoms with Crippen LogP contribution in [-0.4, -0.2) is 9.55 Å². The number of aryl methyl sites for hydroxylation is 2. The van der Waals surface area contributed by atoms with Gasteiger partial charge in [-0.3, -0.25) is 0 Å². The smallest absolute Gasteiger partial charge is 0.144 e. The number of aromatic nitrogens is 2. The first-order valence-electron chi connectivity index (χ1n) is 4.16. The molecule has 0 spiro atoms. The van der Waals surface area contributed by atoms with Gasteiger partial charge in [-0.1, -0.05) is 0 Å². The van der Waals surface area contributed by atoms with Gasteiger partial charge in [0.05, 0.1) is 0 Å². The minimum absolute atomic E-state index is 0.436.